The highest BCUT2D eigenvalue weighted by atomic mass is 127. The number of anilines is 1. The molecule has 1 aromatic heterocycles. The summed E-state index contributed by atoms with van der Waals surface area (Å²) in [5.74, 6) is 2.03. The molecule has 0 aliphatic heterocycles. The lowest BCUT2D eigenvalue weighted by molar-refractivity contribution is 0.457. The Morgan fingerprint density at radius 1 is 1.28 bits per heavy atom. The number of benzene rings is 1. The third-order valence-corrected chi connectivity index (χ3v) is 3.11. The van der Waals surface area contributed by atoms with Crippen molar-refractivity contribution in [1.82, 2.24) is 9.97 Å². The molecule has 2 aromatic rings. The minimum Gasteiger partial charge on any atom is -0.436 e. The van der Waals surface area contributed by atoms with Crippen molar-refractivity contribution in [2.75, 3.05) is 11.9 Å². The molecule has 0 amide bonds. The second-order valence-electron chi connectivity index (χ2n) is 3.70. The maximum Gasteiger partial charge on any atom is 0.239 e. The number of rotatable bonds is 5. The first-order valence-electron chi connectivity index (χ1n) is 5.78. The number of halogens is 1. The van der Waals surface area contributed by atoms with E-state index in [1.165, 1.54) is 0 Å². The minimum atomic E-state index is 0.500. The topological polar surface area (TPSA) is 47.0 Å². The van der Waals surface area contributed by atoms with Crippen LogP contribution in [-0.4, -0.2) is 16.5 Å². The molecular weight excluding hydrogens is 341 g/mol. The summed E-state index contributed by atoms with van der Waals surface area (Å²) in [5.41, 5.74) is 0. The maximum absolute atomic E-state index is 5.71. The first kappa shape index (κ1) is 13.1. The van der Waals surface area contributed by atoms with Crippen LogP contribution in [0.5, 0.6) is 11.6 Å². The van der Waals surface area contributed by atoms with Gasteiger partial charge in [0.1, 0.15) is 11.6 Å². The number of hydrogen-bond donors (Lipinski definition) is 1. The van der Waals surface area contributed by atoms with Crippen LogP contribution in [0.25, 0.3) is 0 Å². The fourth-order valence-electron chi connectivity index (χ4n) is 1.38. The van der Waals surface area contributed by atoms with Gasteiger partial charge in [-0.2, -0.15) is 4.98 Å². The van der Waals surface area contributed by atoms with Crippen LogP contribution in [0.1, 0.15) is 13.3 Å². The van der Waals surface area contributed by atoms with Crippen LogP contribution in [0.3, 0.4) is 0 Å². The Balaban J connectivity index is 2.12. The summed E-state index contributed by atoms with van der Waals surface area (Å²) < 4.78 is 6.75. The highest BCUT2D eigenvalue weighted by Gasteiger charge is 2.04. The Hall–Kier alpha value is -1.37. The molecule has 1 aromatic carbocycles. The van der Waals surface area contributed by atoms with Gasteiger partial charge in [-0.25, -0.2) is 0 Å². The summed E-state index contributed by atoms with van der Waals surface area (Å²) in [6.45, 7) is 2.98. The maximum atomic E-state index is 5.71. The van der Waals surface area contributed by atoms with Gasteiger partial charge in [-0.3, -0.25) is 4.98 Å². The number of hydrogen-bond acceptors (Lipinski definition) is 4. The minimum absolute atomic E-state index is 0.500. The van der Waals surface area contributed by atoms with Gasteiger partial charge in [0.2, 0.25) is 5.88 Å². The van der Waals surface area contributed by atoms with Gasteiger partial charge in [0.25, 0.3) is 0 Å². The molecule has 0 bridgehead atoms. The predicted molar refractivity (Wildman–Crippen MR) is 80.0 cm³/mol. The Labute approximate surface area is 120 Å². The number of ether oxygens (including phenoxy) is 1. The van der Waals surface area contributed by atoms with Crippen LogP contribution >= 0.6 is 22.6 Å². The summed E-state index contributed by atoms with van der Waals surface area (Å²) in [4.78, 5) is 8.46. The van der Waals surface area contributed by atoms with Crippen molar-refractivity contribution in [2.24, 2.45) is 0 Å². The Bertz CT molecular complexity index is 519. The molecule has 0 unspecified atom stereocenters. The second-order valence-corrected chi connectivity index (χ2v) is 4.86. The molecule has 0 saturated heterocycles. The van der Waals surface area contributed by atoms with E-state index >= 15 is 0 Å². The lowest BCUT2D eigenvalue weighted by Crippen LogP contribution is -2.03. The smallest absolute Gasteiger partial charge is 0.239 e. The standard InChI is InChI=1S/C13H14IN3O/c1-2-7-16-12-8-15-9-13(17-12)18-11-6-4-3-5-10(11)14/h3-6,8-9H,2,7H2,1H3,(H,16,17). The summed E-state index contributed by atoms with van der Waals surface area (Å²) in [6.07, 6.45) is 4.35. The third kappa shape index (κ3) is 3.56. The SMILES string of the molecule is CCCNc1cncc(Oc2ccccc2I)n1. The van der Waals surface area contributed by atoms with E-state index in [0.29, 0.717) is 5.88 Å². The van der Waals surface area contributed by atoms with Crippen LogP contribution in [0.2, 0.25) is 0 Å². The summed E-state index contributed by atoms with van der Waals surface area (Å²) >= 11 is 2.23. The average molecular weight is 355 g/mol. The number of aromatic nitrogens is 2. The van der Waals surface area contributed by atoms with Gasteiger partial charge < -0.3 is 10.1 Å². The number of para-hydroxylation sites is 1. The molecule has 0 aliphatic rings. The molecule has 2 rings (SSSR count). The van der Waals surface area contributed by atoms with Gasteiger partial charge in [-0.15, -0.1) is 0 Å². The zero-order chi connectivity index (χ0) is 12.8. The van der Waals surface area contributed by atoms with Crippen molar-refractivity contribution < 1.29 is 4.74 Å². The fraction of sp³-hybridized carbons (Fsp3) is 0.231. The van der Waals surface area contributed by atoms with Crippen molar-refractivity contribution in [3.05, 3.63) is 40.2 Å². The Morgan fingerprint density at radius 2 is 2.11 bits per heavy atom. The van der Waals surface area contributed by atoms with Crippen LogP contribution in [0.4, 0.5) is 5.82 Å². The van der Waals surface area contributed by atoms with E-state index in [4.69, 9.17) is 4.74 Å². The van der Waals surface area contributed by atoms with Crippen LogP contribution in [-0.2, 0) is 0 Å². The van der Waals surface area contributed by atoms with Gasteiger partial charge in [0.15, 0.2) is 0 Å². The predicted octanol–water partition coefficient (Wildman–Crippen LogP) is 3.70. The molecule has 18 heavy (non-hydrogen) atoms. The highest BCUT2D eigenvalue weighted by molar-refractivity contribution is 14.1. The van der Waals surface area contributed by atoms with Crippen molar-refractivity contribution in [2.45, 2.75) is 13.3 Å². The van der Waals surface area contributed by atoms with E-state index in [2.05, 4.69) is 44.8 Å². The van der Waals surface area contributed by atoms with Gasteiger partial charge in [0, 0.05) is 6.54 Å². The van der Waals surface area contributed by atoms with Crippen molar-refractivity contribution in [3.63, 3.8) is 0 Å². The highest BCUT2D eigenvalue weighted by Crippen LogP contribution is 2.25. The van der Waals surface area contributed by atoms with E-state index in [9.17, 15) is 0 Å². The lowest BCUT2D eigenvalue weighted by Gasteiger charge is -2.08. The lowest BCUT2D eigenvalue weighted by atomic mass is 10.3. The van der Waals surface area contributed by atoms with Crippen molar-refractivity contribution >= 4 is 28.4 Å². The normalized spacial score (nSPS) is 10.1. The molecular formula is C13H14IN3O. The van der Waals surface area contributed by atoms with Gasteiger partial charge in [0.05, 0.1) is 16.0 Å². The molecule has 0 radical (unpaired) electrons. The molecule has 94 valence electrons. The monoisotopic (exact) mass is 355 g/mol. The number of nitrogens with one attached hydrogen (secondary N) is 1. The van der Waals surface area contributed by atoms with Gasteiger partial charge >= 0.3 is 0 Å². The largest absolute Gasteiger partial charge is 0.436 e. The molecule has 1 heterocycles. The molecule has 5 heteroatoms. The van der Waals surface area contributed by atoms with E-state index in [1.54, 1.807) is 12.4 Å². The summed E-state index contributed by atoms with van der Waals surface area (Å²) in [6, 6.07) is 7.81. The van der Waals surface area contributed by atoms with E-state index in [0.717, 1.165) is 28.1 Å². The fourth-order valence-corrected chi connectivity index (χ4v) is 1.87. The zero-order valence-electron chi connectivity index (χ0n) is 10.1. The first-order valence-corrected chi connectivity index (χ1v) is 6.85. The van der Waals surface area contributed by atoms with Gasteiger partial charge in [-0.05, 0) is 41.1 Å². The summed E-state index contributed by atoms with van der Waals surface area (Å²) in [7, 11) is 0. The molecule has 0 spiro atoms. The first-order chi connectivity index (χ1) is 8.79. The Kier molecular flexibility index (Phi) is 4.74. The van der Waals surface area contributed by atoms with E-state index in [1.807, 2.05) is 24.3 Å². The van der Waals surface area contributed by atoms with Crippen molar-refractivity contribution in [1.29, 1.82) is 0 Å². The quantitative estimate of drug-likeness (QED) is 0.831. The molecule has 1 N–H and O–H groups in total. The van der Waals surface area contributed by atoms with Crippen LogP contribution in [0, 0.1) is 3.57 Å². The van der Waals surface area contributed by atoms with Crippen LogP contribution in [0.15, 0.2) is 36.7 Å². The molecule has 0 fully saturated rings. The zero-order valence-corrected chi connectivity index (χ0v) is 12.2. The molecule has 4 nitrogen and oxygen atoms in total. The van der Waals surface area contributed by atoms with Gasteiger partial charge in [-0.1, -0.05) is 19.1 Å². The van der Waals surface area contributed by atoms with Crippen LogP contribution < -0.4 is 10.1 Å². The Morgan fingerprint density at radius 3 is 2.89 bits per heavy atom. The number of nitrogens with zero attached hydrogens (tertiary/aromatic N) is 2. The third-order valence-electron chi connectivity index (χ3n) is 2.22. The van der Waals surface area contributed by atoms with E-state index < -0.39 is 0 Å². The molecule has 0 saturated carbocycles. The van der Waals surface area contributed by atoms with Crippen molar-refractivity contribution in [3.8, 4) is 11.6 Å². The average Bonchev–Trinajstić information content (AvgIpc) is 2.40. The second kappa shape index (κ2) is 6.53. The summed E-state index contributed by atoms with van der Waals surface area (Å²) in [5, 5.41) is 3.18. The molecule has 0 atom stereocenters. The molecule has 0 aliphatic carbocycles. The van der Waals surface area contributed by atoms with E-state index in [-0.39, 0.29) is 0 Å².